The first kappa shape index (κ1) is 13.8. The zero-order valence-corrected chi connectivity index (χ0v) is 11.5. The van der Waals surface area contributed by atoms with Crippen molar-refractivity contribution in [2.45, 2.75) is 53.0 Å². The fourth-order valence-electron chi connectivity index (χ4n) is 1.82. The molecule has 0 heterocycles. The molecular weight excluding hydrogens is 210 g/mol. The van der Waals surface area contributed by atoms with Crippen LogP contribution in [0, 0.1) is 6.92 Å². The lowest BCUT2D eigenvalue weighted by Crippen LogP contribution is -2.31. The van der Waals surface area contributed by atoms with Crippen molar-refractivity contribution in [3.63, 3.8) is 0 Å². The van der Waals surface area contributed by atoms with Crippen LogP contribution in [-0.2, 0) is 11.2 Å². The third-order valence-electron chi connectivity index (χ3n) is 2.83. The van der Waals surface area contributed by atoms with Gasteiger partial charge in [0.2, 0.25) is 5.91 Å². The molecule has 0 radical (unpaired) electrons. The van der Waals surface area contributed by atoms with Gasteiger partial charge in [-0.3, -0.25) is 4.79 Å². The number of aryl methyl sites for hydroxylation is 1. The number of carbonyl (C=O) groups excluding carboxylic acids is 1. The van der Waals surface area contributed by atoms with Gasteiger partial charge in [-0.2, -0.15) is 0 Å². The number of rotatable bonds is 4. The second-order valence-corrected chi connectivity index (χ2v) is 5.24. The minimum atomic E-state index is 0.0976. The normalized spacial score (nSPS) is 11.0. The Bertz CT molecular complexity index is 394. The molecule has 2 nitrogen and oxygen atoms in total. The van der Waals surface area contributed by atoms with Crippen molar-refractivity contribution in [2.75, 3.05) is 0 Å². The van der Waals surface area contributed by atoms with Gasteiger partial charge < -0.3 is 5.32 Å². The molecule has 1 aromatic carbocycles. The smallest absolute Gasteiger partial charge is 0.224 e. The van der Waals surface area contributed by atoms with Crippen LogP contribution < -0.4 is 5.32 Å². The fraction of sp³-hybridized carbons (Fsp3) is 0.533. The van der Waals surface area contributed by atoms with Crippen molar-refractivity contribution in [3.05, 3.63) is 34.9 Å². The summed E-state index contributed by atoms with van der Waals surface area (Å²) in [5.74, 6) is 0.632. The van der Waals surface area contributed by atoms with Gasteiger partial charge in [-0.15, -0.1) is 0 Å². The Hall–Kier alpha value is -1.31. The zero-order chi connectivity index (χ0) is 13.0. The molecule has 0 aliphatic heterocycles. The van der Waals surface area contributed by atoms with Crippen molar-refractivity contribution in [1.82, 2.24) is 5.32 Å². The lowest BCUT2D eigenvalue weighted by molar-refractivity contribution is -0.120. The Kier molecular flexibility index (Phi) is 4.73. The van der Waals surface area contributed by atoms with Gasteiger partial charge in [0.05, 0.1) is 6.42 Å². The predicted octanol–water partition coefficient (Wildman–Crippen LogP) is 3.19. The highest BCUT2D eigenvalue weighted by Gasteiger charge is 2.08. The zero-order valence-electron chi connectivity index (χ0n) is 11.5. The molecule has 1 aromatic rings. The molecule has 0 unspecified atom stereocenters. The number of hydrogen-bond acceptors (Lipinski definition) is 1. The number of benzene rings is 1. The first-order chi connectivity index (χ1) is 7.90. The topological polar surface area (TPSA) is 29.1 Å². The van der Waals surface area contributed by atoms with Gasteiger partial charge in [0.25, 0.3) is 0 Å². The van der Waals surface area contributed by atoms with Crippen molar-refractivity contribution in [2.24, 2.45) is 0 Å². The van der Waals surface area contributed by atoms with E-state index < -0.39 is 0 Å². The molecule has 0 atom stereocenters. The van der Waals surface area contributed by atoms with Gasteiger partial charge >= 0.3 is 0 Å². The highest BCUT2D eigenvalue weighted by molar-refractivity contribution is 5.79. The summed E-state index contributed by atoms with van der Waals surface area (Å²) in [7, 11) is 0. The molecule has 0 spiro atoms. The summed E-state index contributed by atoms with van der Waals surface area (Å²) in [6.07, 6.45) is 0.475. The molecule has 1 N–H and O–H groups in total. The third-order valence-corrected chi connectivity index (χ3v) is 2.83. The Morgan fingerprint density at radius 1 is 1.24 bits per heavy atom. The molecule has 2 heteroatoms. The molecule has 0 fully saturated rings. The summed E-state index contributed by atoms with van der Waals surface area (Å²) in [5.41, 5.74) is 3.65. The Morgan fingerprint density at radius 3 is 2.35 bits per heavy atom. The molecule has 0 saturated carbocycles. The minimum Gasteiger partial charge on any atom is -0.354 e. The van der Waals surface area contributed by atoms with E-state index in [0.717, 1.165) is 5.56 Å². The van der Waals surface area contributed by atoms with E-state index in [9.17, 15) is 4.79 Å². The molecule has 17 heavy (non-hydrogen) atoms. The highest BCUT2D eigenvalue weighted by Crippen LogP contribution is 2.18. The first-order valence-corrected chi connectivity index (χ1v) is 6.29. The van der Waals surface area contributed by atoms with E-state index >= 15 is 0 Å². The van der Waals surface area contributed by atoms with Crippen LogP contribution >= 0.6 is 0 Å². The van der Waals surface area contributed by atoms with Gasteiger partial charge in [0, 0.05) is 6.04 Å². The van der Waals surface area contributed by atoms with Crippen LogP contribution in [0.2, 0.25) is 0 Å². The van der Waals surface area contributed by atoms with E-state index in [0.29, 0.717) is 12.3 Å². The highest BCUT2D eigenvalue weighted by atomic mass is 16.1. The first-order valence-electron chi connectivity index (χ1n) is 6.29. The lowest BCUT2D eigenvalue weighted by atomic mass is 9.96. The molecule has 0 saturated heterocycles. The van der Waals surface area contributed by atoms with Crippen LogP contribution in [-0.4, -0.2) is 11.9 Å². The predicted molar refractivity (Wildman–Crippen MR) is 72.3 cm³/mol. The Balaban J connectivity index is 2.76. The van der Waals surface area contributed by atoms with E-state index in [1.165, 1.54) is 11.1 Å². The maximum atomic E-state index is 11.7. The number of amides is 1. The average Bonchev–Trinajstić information content (AvgIpc) is 2.19. The van der Waals surface area contributed by atoms with Gasteiger partial charge in [-0.05, 0) is 43.4 Å². The number of carbonyl (C=O) groups is 1. The molecule has 1 rings (SSSR count). The maximum absolute atomic E-state index is 11.7. The molecule has 0 bridgehead atoms. The van der Waals surface area contributed by atoms with Crippen molar-refractivity contribution in [1.29, 1.82) is 0 Å². The molecule has 0 aliphatic carbocycles. The van der Waals surface area contributed by atoms with Gasteiger partial charge in [-0.1, -0.05) is 32.0 Å². The molecule has 0 aliphatic rings. The second kappa shape index (κ2) is 5.85. The summed E-state index contributed by atoms with van der Waals surface area (Å²) < 4.78 is 0. The Morgan fingerprint density at radius 2 is 1.88 bits per heavy atom. The minimum absolute atomic E-state index is 0.0976. The van der Waals surface area contributed by atoms with Crippen LogP contribution in [0.15, 0.2) is 18.2 Å². The van der Waals surface area contributed by atoms with E-state index in [2.05, 4.69) is 44.3 Å². The number of hydrogen-bond donors (Lipinski definition) is 1. The van der Waals surface area contributed by atoms with Crippen LogP contribution in [0.1, 0.15) is 50.3 Å². The van der Waals surface area contributed by atoms with Crippen LogP contribution in [0.3, 0.4) is 0 Å². The van der Waals surface area contributed by atoms with E-state index in [-0.39, 0.29) is 11.9 Å². The molecule has 0 aromatic heterocycles. The molecular formula is C15H23NO. The summed E-state index contributed by atoms with van der Waals surface area (Å²) in [4.78, 5) is 11.7. The van der Waals surface area contributed by atoms with Crippen LogP contribution in [0.4, 0.5) is 0 Å². The van der Waals surface area contributed by atoms with Crippen LogP contribution in [0.25, 0.3) is 0 Å². The molecule has 94 valence electrons. The summed E-state index contributed by atoms with van der Waals surface area (Å²) in [5, 5.41) is 2.92. The van der Waals surface area contributed by atoms with E-state index in [1.54, 1.807) is 0 Å². The SMILES string of the molecule is Cc1cc(C(C)C)ccc1CC(=O)NC(C)C. The fourth-order valence-corrected chi connectivity index (χ4v) is 1.82. The summed E-state index contributed by atoms with van der Waals surface area (Å²) in [6.45, 7) is 10.4. The Labute approximate surface area is 104 Å². The lowest BCUT2D eigenvalue weighted by Gasteiger charge is -2.12. The monoisotopic (exact) mass is 233 g/mol. The van der Waals surface area contributed by atoms with Crippen LogP contribution in [0.5, 0.6) is 0 Å². The largest absolute Gasteiger partial charge is 0.354 e. The maximum Gasteiger partial charge on any atom is 0.224 e. The summed E-state index contributed by atoms with van der Waals surface area (Å²) in [6, 6.07) is 6.58. The second-order valence-electron chi connectivity index (χ2n) is 5.24. The van der Waals surface area contributed by atoms with E-state index in [4.69, 9.17) is 0 Å². The molecule has 1 amide bonds. The van der Waals surface area contributed by atoms with Crippen molar-refractivity contribution >= 4 is 5.91 Å². The van der Waals surface area contributed by atoms with Crippen molar-refractivity contribution in [3.8, 4) is 0 Å². The van der Waals surface area contributed by atoms with Crippen molar-refractivity contribution < 1.29 is 4.79 Å². The standard InChI is InChI=1S/C15H23NO/c1-10(2)13-6-7-14(12(5)8-13)9-15(17)16-11(3)4/h6-8,10-11H,9H2,1-5H3,(H,16,17). The van der Waals surface area contributed by atoms with Gasteiger partial charge in [0.1, 0.15) is 0 Å². The average molecular weight is 233 g/mol. The number of nitrogens with one attached hydrogen (secondary N) is 1. The summed E-state index contributed by atoms with van der Waals surface area (Å²) >= 11 is 0. The van der Waals surface area contributed by atoms with Gasteiger partial charge in [-0.25, -0.2) is 0 Å². The third kappa shape index (κ3) is 4.22. The van der Waals surface area contributed by atoms with Gasteiger partial charge in [0.15, 0.2) is 0 Å². The quantitative estimate of drug-likeness (QED) is 0.850. The van der Waals surface area contributed by atoms with E-state index in [1.807, 2.05) is 13.8 Å².